The Balaban J connectivity index is 1.47. The molecule has 0 radical (unpaired) electrons. The Morgan fingerprint density at radius 2 is 2.16 bits per heavy atom. The number of hydrogen-bond acceptors (Lipinski definition) is 5. The van der Waals surface area contributed by atoms with Crippen molar-refractivity contribution in [2.75, 3.05) is 11.9 Å². The monoisotopic (exact) mass is 348 g/mol. The zero-order chi connectivity index (χ0) is 17.4. The minimum atomic E-state index is -0.940. The van der Waals surface area contributed by atoms with Crippen molar-refractivity contribution in [3.8, 4) is 0 Å². The van der Waals surface area contributed by atoms with E-state index in [1.54, 1.807) is 23.1 Å². The summed E-state index contributed by atoms with van der Waals surface area (Å²) in [6.45, 7) is 0.265. The van der Waals surface area contributed by atoms with Gasteiger partial charge in [0.05, 0.1) is 12.6 Å². The van der Waals surface area contributed by atoms with Crippen LogP contribution in [0.15, 0.2) is 42.7 Å². The van der Waals surface area contributed by atoms with E-state index in [1.807, 2.05) is 0 Å². The second kappa shape index (κ2) is 6.43. The van der Waals surface area contributed by atoms with E-state index in [9.17, 15) is 14.3 Å². The molecule has 8 nitrogen and oxygen atoms in total. The lowest BCUT2D eigenvalue weighted by atomic mass is 9.96. The summed E-state index contributed by atoms with van der Waals surface area (Å²) in [5, 5.41) is 20.2. The number of aliphatic hydroxyl groups is 1. The van der Waals surface area contributed by atoms with Crippen LogP contribution >= 0.6 is 0 Å². The number of carbonyl (C=O) groups excluding carboxylic acids is 1. The van der Waals surface area contributed by atoms with Crippen molar-refractivity contribution in [1.82, 2.24) is 15.1 Å². The summed E-state index contributed by atoms with van der Waals surface area (Å²) in [5.74, 6) is -0.390. The van der Waals surface area contributed by atoms with Crippen LogP contribution < -0.4 is 10.6 Å². The molecule has 2 bridgehead atoms. The molecule has 0 saturated carbocycles. The number of halogens is 1. The predicted molar refractivity (Wildman–Crippen MR) is 84.2 cm³/mol. The minimum Gasteiger partial charge on any atom is -0.388 e. The molecule has 2 aromatic rings. The number of urea groups is 1. The van der Waals surface area contributed by atoms with E-state index >= 15 is 0 Å². The van der Waals surface area contributed by atoms with Crippen molar-refractivity contribution in [3.05, 3.63) is 48.5 Å². The van der Waals surface area contributed by atoms with Crippen molar-refractivity contribution >= 4 is 11.7 Å². The van der Waals surface area contributed by atoms with Crippen molar-refractivity contribution in [1.29, 1.82) is 0 Å². The zero-order valence-electron chi connectivity index (χ0n) is 13.1. The molecule has 25 heavy (non-hydrogen) atoms. The second-order valence-electron chi connectivity index (χ2n) is 5.97. The third-order valence-corrected chi connectivity index (χ3v) is 4.36. The van der Waals surface area contributed by atoms with Gasteiger partial charge in [0, 0.05) is 18.1 Å². The molecule has 5 atom stereocenters. The lowest BCUT2D eigenvalue weighted by molar-refractivity contribution is -0.166. The lowest BCUT2D eigenvalue weighted by Gasteiger charge is -2.38. The first-order chi connectivity index (χ1) is 12.1. The van der Waals surface area contributed by atoms with Crippen LogP contribution in [0.4, 0.5) is 14.9 Å². The average molecular weight is 348 g/mol. The molecule has 2 amide bonds. The molecule has 5 unspecified atom stereocenters. The van der Waals surface area contributed by atoms with E-state index in [1.165, 1.54) is 24.3 Å². The van der Waals surface area contributed by atoms with E-state index < -0.39 is 42.4 Å². The molecule has 0 spiro atoms. The van der Waals surface area contributed by atoms with Crippen molar-refractivity contribution in [2.45, 2.75) is 30.6 Å². The summed E-state index contributed by atoms with van der Waals surface area (Å²) in [5.41, 5.74) is 0.439. The maximum atomic E-state index is 12.9. The van der Waals surface area contributed by atoms with Gasteiger partial charge in [-0.1, -0.05) is 0 Å². The number of nitrogens with one attached hydrogen (secondary N) is 2. The number of amides is 2. The molecule has 0 aliphatic carbocycles. The molecule has 4 rings (SSSR count). The first kappa shape index (κ1) is 16.0. The third kappa shape index (κ3) is 3.09. The van der Waals surface area contributed by atoms with Crippen molar-refractivity contribution < 1.29 is 23.8 Å². The number of benzene rings is 1. The molecule has 2 saturated heterocycles. The molecule has 3 heterocycles. The Labute approximate surface area is 142 Å². The van der Waals surface area contributed by atoms with E-state index in [2.05, 4.69) is 15.7 Å². The largest absolute Gasteiger partial charge is 0.388 e. The van der Waals surface area contributed by atoms with Gasteiger partial charge in [-0.05, 0) is 30.3 Å². The van der Waals surface area contributed by atoms with Crippen LogP contribution in [0.5, 0.6) is 0 Å². The number of nitrogens with zero attached hydrogens (tertiary/aromatic N) is 2. The quantitative estimate of drug-likeness (QED) is 0.765. The van der Waals surface area contributed by atoms with Crippen LogP contribution in [0.2, 0.25) is 0 Å². The Hall–Kier alpha value is -2.49. The van der Waals surface area contributed by atoms with E-state index in [0.717, 1.165) is 0 Å². The van der Waals surface area contributed by atoms with Gasteiger partial charge in [-0.15, -0.1) is 0 Å². The number of ether oxygens (including phenoxy) is 2. The average Bonchev–Trinajstić information content (AvgIpc) is 3.25. The van der Waals surface area contributed by atoms with E-state index in [-0.39, 0.29) is 6.61 Å². The second-order valence-corrected chi connectivity index (χ2v) is 5.97. The van der Waals surface area contributed by atoms with Crippen LogP contribution in [0.3, 0.4) is 0 Å². The summed E-state index contributed by atoms with van der Waals surface area (Å²) in [7, 11) is 0. The SMILES string of the molecule is O=C(Nc1ccc(F)cc1)NC1C2COC(O2)C(n2cccn2)C1O. The van der Waals surface area contributed by atoms with Gasteiger partial charge < -0.3 is 25.2 Å². The highest BCUT2D eigenvalue weighted by Gasteiger charge is 2.51. The van der Waals surface area contributed by atoms with Gasteiger partial charge in [0.15, 0.2) is 6.29 Å². The van der Waals surface area contributed by atoms with Gasteiger partial charge in [0.25, 0.3) is 0 Å². The fourth-order valence-electron chi connectivity index (χ4n) is 3.17. The highest BCUT2D eigenvalue weighted by molar-refractivity contribution is 5.89. The molecule has 9 heteroatoms. The number of hydrogen-bond donors (Lipinski definition) is 3. The van der Waals surface area contributed by atoms with Crippen molar-refractivity contribution in [3.63, 3.8) is 0 Å². The fraction of sp³-hybridized carbons (Fsp3) is 0.375. The fourth-order valence-corrected chi connectivity index (χ4v) is 3.17. The molecular weight excluding hydrogens is 331 g/mol. The molecule has 1 aromatic heterocycles. The van der Waals surface area contributed by atoms with Gasteiger partial charge in [-0.25, -0.2) is 9.18 Å². The molecular formula is C16H17FN4O4. The number of anilines is 1. The maximum Gasteiger partial charge on any atom is 0.319 e. The molecule has 2 aliphatic heterocycles. The normalized spacial score (nSPS) is 30.9. The highest BCUT2D eigenvalue weighted by Crippen LogP contribution is 2.35. The first-order valence-electron chi connectivity index (χ1n) is 7.89. The first-order valence-corrected chi connectivity index (χ1v) is 7.89. The molecule has 132 valence electrons. The van der Waals surface area contributed by atoms with Gasteiger partial charge >= 0.3 is 6.03 Å². The summed E-state index contributed by atoms with van der Waals surface area (Å²) in [4.78, 5) is 12.2. The summed E-state index contributed by atoms with van der Waals surface area (Å²) in [6.07, 6.45) is 1.29. The number of carbonyl (C=O) groups is 1. The van der Waals surface area contributed by atoms with Crippen molar-refractivity contribution in [2.24, 2.45) is 0 Å². The molecule has 2 fully saturated rings. The zero-order valence-corrected chi connectivity index (χ0v) is 13.1. The predicted octanol–water partition coefficient (Wildman–Crippen LogP) is 0.870. The Morgan fingerprint density at radius 3 is 2.88 bits per heavy atom. The Kier molecular flexibility index (Phi) is 4.12. The number of aromatic nitrogens is 2. The van der Waals surface area contributed by atoms with Crippen LogP contribution in [0.1, 0.15) is 6.04 Å². The van der Waals surface area contributed by atoms with E-state index in [4.69, 9.17) is 9.47 Å². The standard InChI is InChI=1S/C16H17FN4O4/c17-9-2-4-10(5-3-9)19-16(23)20-12-11-8-24-15(25-11)13(14(12)22)21-7-1-6-18-21/h1-7,11-15,22H,8H2,(H2,19,20,23). The Morgan fingerprint density at radius 1 is 1.36 bits per heavy atom. The maximum absolute atomic E-state index is 12.9. The summed E-state index contributed by atoms with van der Waals surface area (Å²) >= 11 is 0. The van der Waals surface area contributed by atoms with Gasteiger partial charge in [-0.2, -0.15) is 5.10 Å². The smallest absolute Gasteiger partial charge is 0.319 e. The summed E-state index contributed by atoms with van der Waals surface area (Å²) < 4.78 is 25.8. The molecule has 1 aromatic carbocycles. The molecule has 2 aliphatic rings. The lowest BCUT2D eigenvalue weighted by Crippen LogP contribution is -2.59. The van der Waals surface area contributed by atoms with Crippen LogP contribution in [-0.4, -0.2) is 52.1 Å². The number of aliphatic hydroxyl groups excluding tert-OH is 1. The van der Waals surface area contributed by atoms with Crippen LogP contribution in [-0.2, 0) is 9.47 Å². The highest BCUT2D eigenvalue weighted by atomic mass is 19.1. The Bertz CT molecular complexity index is 739. The van der Waals surface area contributed by atoms with Crippen LogP contribution in [0, 0.1) is 5.82 Å². The topological polar surface area (TPSA) is 97.6 Å². The number of rotatable bonds is 3. The third-order valence-electron chi connectivity index (χ3n) is 4.36. The minimum absolute atomic E-state index is 0.265. The molecule has 3 N–H and O–H groups in total. The van der Waals surface area contributed by atoms with Gasteiger partial charge in [0.2, 0.25) is 0 Å². The van der Waals surface area contributed by atoms with E-state index in [0.29, 0.717) is 5.69 Å². The van der Waals surface area contributed by atoms with Crippen LogP contribution in [0.25, 0.3) is 0 Å². The van der Waals surface area contributed by atoms with Gasteiger partial charge in [-0.3, -0.25) is 4.68 Å². The van der Waals surface area contributed by atoms with Gasteiger partial charge in [0.1, 0.15) is 24.1 Å². The summed E-state index contributed by atoms with van der Waals surface area (Å²) in [6, 6.07) is 5.36. The number of fused-ring (bicyclic) bond motifs is 2.